The summed E-state index contributed by atoms with van der Waals surface area (Å²) in [4.78, 5) is 26.5. The van der Waals surface area contributed by atoms with E-state index in [1.807, 2.05) is 56.3 Å². The average Bonchev–Trinajstić information content (AvgIpc) is 2.83. The van der Waals surface area contributed by atoms with Crippen LogP contribution >= 0.6 is 11.6 Å². The molecule has 0 amide bonds. The first kappa shape index (κ1) is 23.9. The number of rotatable bonds is 6. The van der Waals surface area contributed by atoms with Gasteiger partial charge in [-0.15, -0.1) is 0 Å². The number of ketones is 1. The number of hydrogen-bond acceptors (Lipinski definition) is 6. The van der Waals surface area contributed by atoms with E-state index < -0.39 is 11.9 Å². The van der Waals surface area contributed by atoms with Crippen molar-refractivity contribution < 1.29 is 23.8 Å². The number of methoxy groups -OCH3 is 2. The summed E-state index contributed by atoms with van der Waals surface area (Å²) in [6.45, 7) is 4.23. The number of benzene rings is 2. The minimum absolute atomic E-state index is 0.000421. The smallest absolute Gasteiger partial charge is 0.336 e. The van der Waals surface area contributed by atoms with Crippen molar-refractivity contribution in [2.75, 3.05) is 20.8 Å². The van der Waals surface area contributed by atoms with Gasteiger partial charge in [-0.1, -0.05) is 29.8 Å². The van der Waals surface area contributed by atoms with Gasteiger partial charge in [0, 0.05) is 34.3 Å². The third-order valence-electron chi connectivity index (χ3n) is 6.40. The SMILES string of the molecule is CCOc1ccc([C@@H]2C(C(=O)OC)=C(C)NC3=C2C(=O)C[C@H](c2ccc(Cl)cc2)C3)cc1OC. The quantitative estimate of drug-likeness (QED) is 0.566. The van der Waals surface area contributed by atoms with Crippen molar-refractivity contribution in [2.24, 2.45) is 0 Å². The van der Waals surface area contributed by atoms with Gasteiger partial charge in [0.1, 0.15) is 0 Å². The van der Waals surface area contributed by atoms with Gasteiger partial charge < -0.3 is 19.5 Å². The zero-order valence-corrected chi connectivity index (χ0v) is 20.5. The lowest BCUT2D eigenvalue weighted by Gasteiger charge is -2.36. The van der Waals surface area contributed by atoms with Crippen molar-refractivity contribution in [2.45, 2.75) is 38.5 Å². The van der Waals surface area contributed by atoms with Gasteiger partial charge in [0.05, 0.1) is 26.4 Å². The summed E-state index contributed by atoms with van der Waals surface area (Å²) < 4.78 is 16.3. The van der Waals surface area contributed by atoms with Gasteiger partial charge in [-0.3, -0.25) is 4.79 Å². The van der Waals surface area contributed by atoms with E-state index in [-0.39, 0.29) is 11.7 Å². The summed E-state index contributed by atoms with van der Waals surface area (Å²) in [6.07, 6.45) is 0.999. The molecule has 6 nitrogen and oxygen atoms in total. The molecule has 1 N–H and O–H groups in total. The molecule has 2 aromatic carbocycles. The third-order valence-corrected chi connectivity index (χ3v) is 6.65. The zero-order chi connectivity index (χ0) is 24.4. The van der Waals surface area contributed by atoms with Crippen LogP contribution in [0.4, 0.5) is 0 Å². The second-order valence-corrected chi connectivity index (χ2v) is 8.84. The van der Waals surface area contributed by atoms with Gasteiger partial charge in [-0.05, 0) is 61.6 Å². The van der Waals surface area contributed by atoms with E-state index in [9.17, 15) is 9.59 Å². The first-order valence-electron chi connectivity index (χ1n) is 11.3. The van der Waals surface area contributed by atoms with E-state index in [4.69, 9.17) is 25.8 Å². The van der Waals surface area contributed by atoms with Crippen molar-refractivity contribution in [3.05, 3.63) is 81.2 Å². The number of hydrogen-bond donors (Lipinski definition) is 1. The summed E-state index contributed by atoms with van der Waals surface area (Å²) >= 11 is 6.05. The minimum atomic E-state index is -0.563. The van der Waals surface area contributed by atoms with E-state index in [0.29, 0.717) is 52.8 Å². The van der Waals surface area contributed by atoms with Gasteiger partial charge in [0.25, 0.3) is 0 Å². The number of Topliss-reactive ketones (excluding diaryl/α,β-unsaturated/α-hetero) is 1. The molecule has 2 aromatic rings. The summed E-state index contributed by atoms with van der Waals surface area (Å²) in [7, 11) is 2.92. The number of carbonyl (C=O) groups excluding carboxylic acids is 2. The lowest BCUT2D eigenvalue weighted by Crippen LogP contribution is -2.36. The maximum Gasteiger partial charge on any atom is 0.336 e. The molecule has 7 heteroatoms. The topological polar surface area (TPSA) is 73.9 Å². The van der Waals surface area contributed by atoms with Crippen molar-refractivity contribution in [1.29, 1.82) is 0 Å². The second-order valence-electron chi connectivity index (χ2n) is 8.40. The fraction of sp³-hybridized carbons (Fsp3) is 0.333. The Morgan fingerprint density at radius 3 is 2.41 bits per heavy atom. The minimum Gasteiger partial charge on any atom is -0.493 e. The Balaban J connectivity index is 1.81. The largest absolute Gasteiger partial charge is 0.493 e. The van der Waals surface area contributed by atoms with Gasteiger partial charge in [-0.2, -0.15) is 0 Å². The second kappa shape index (κ2) is 9.94. The van der Waals surface area contributed by atoms with Crippen LogP contribution in [0.1, 0.15) is 49.7 Å². The average molecular weight is 482 g/mol. The molecular formula is C27H28ClNO5. The molecule has 0 aromatic heterocycles. The van der Waals surface area contributed by atoms with E-state index in [1.165, 1.54) is 7.11 Å². The maximum absolute atomic E-state index is 13.6. The normalized spacial score (nSPS) is 20.0. The van der Waals surface area contributed by atoms with Crippen molar-refractivity contribution >= 4 is 23.4 Å². The van der Waals surface area contributed by atoms with Crippen molar-refractivity contribution in [1.82, 2.24) is 5.32 Å². The lowest BCUT2D eigenvalue weighted by atomic mass is 9.71. The molecule has 1 aliphatic carbocycles. The number of halogens is 1. The first-order valence-corrected chi connectivity index (χ1v) is 11.6. The van der Waals surface area contributed by atoms with Crippen LogP contribution in [0.15, 0.2) is 65.0 Å². The molecule has 0 spiro atoms. The van der Waals surface area contributed by atoms with Crippen LogP contribution in [0.25, 0.3) is 0 Å². The van der Waals surface area contributed by atoms with E-state index in [2.05, 4.69) is 5.32 Å². The lowest BCUT2D eigenvalue weighted by molar-refractivity contribution is -0.136. The predicted molar refractivity (Wildman–Crippen MR) is 130 cm³/mol. The van der Waals surface area contributed by atoms with E-state index in [0.717, 1.165) is 16.8 Å². The molecule has 1 heterocycles. The van der Waals surface area contributed by atoms with Crippen LogP contribution in [0.5, 0.6) is 11.5 Å². The predicted octanol–water partition coefficient (Wildman–Crippen LogP) is 5.28. The first-order chi connectivity index (χ1) is 16.4. The molecule has 0 radical (unpaired) electrons. The molecule has 2 aliphatic rings. The Kier molecular flexibility index (Phi) is 6.98. The Labute approximate surface area is 204 Å². The molecule has 2 atom stereocenters. The Bertz CT molecular complexity index is 1180. The van der Waals surface area contributed by atoms with Gasteiger partial charge >= 0.3 is 5.97 Å². The van der Waals surface area contributed by atoms with Gasteiger partial charge in [0.15, 0.2) is 17.3 Å². The highest BCUT2D eigenvalue weighted by molar-refractivity contribution is 6.30. The molecule has 1 aliphatic heterocycles. The molecule has 0 bridgehead atoms. The van der Waals surface area contributed by atoms with Crippen LogP contribution in [-0.4, -0.2) is 32.6 Å². The highest BCUT2D eigenvalue weighted by Crippen LogP contribution is 2.47. The zero-order valence-electron chi connectivity index (χ0n) is 19.7. The molecule has 0 saturated heterocycles. The summed E-state index contributed by atoms with van der Waals surface area (Å²) in [5.74, 6) is 0.146. The molecular weight excluding hydrogens is 454 g/mol. The monoisotopic (exact) mass is 481 g/mol. The third kappa shape index (κ3) is 4.42. The number of carbonyl (C=O) groups is 2. The number of ether oxygens (including phenoxy) is 3. The highest BCUT2D eigenvalue weighted by Gasteiger charge is 2.41. The molecule has 0 unspecified atom stereocenters. The molecule has 34 heavy (non-hydrogen) atoms. The van der Waals surface area contributed by atoms with Crippen LogP contribution in [0.2, 0.25) is 5.02 Å². The Hall–Kier alpha value is -3.25. The summed E-state index contributed by atoms with van der Waals surface area (Å²) in [5.41, 5.74) is 4.36. The fourth-order valence-corrected chi connectivity index (χ4v) is 4.99. The number of nitrogens with one attached hydrogen (secondary N) is 1. The number of allylic oxidation sites excluding steroid dienone is 3. The summed E-state index contributed by atoms with van der Waals surface area (Å²) in [6, 6.07) is 13.1. The van der Waals surface area contributed by atoms with Crippen molar-refractivity contribution in [3.8, 4) is 11.5 Å². The van der Waals surface area contributed by atoms with Crippen LogP contribution < -0.4 is 14.8 Å². The molecule has 4 rings (SSSR count). The van der Waals surface area contributed by atoms with Crippen molar-refractivity contribution in [3.63, 3.8) is 0 Å². The van der Waals surface area contributed by atoms with Gasteiger partial charge in [0.2, 0.25) is 0 Å². The molecule has 0 fully saturated rings. The number of dihydropyridines is 1. The molecule has 178 valence electrons. The Morgan fingerprint density at radius 2 is 1.76 bits per heavy atom. The molecule has 0 saturated carbocycles. The standard InChI is InChI=1S/C27H28ClNO5/c1-5-34-22-11-8-17(14-23(22)32-3)25-24(27(31)33-4)15(2)29-20-12-18(13-21(30)26(20)25)16-6-9-19(28)10-7-16/h6-11,14,18,25,29H,5,12-13H2,1-4H3/t18-,25-/m1/s1. The van der Waals surface area contributed by atoms with Crippen LogP contribution in [0.3, 0.4) is 0 Å². The van der Waals surface area contributed by atoms with Gasteiger partial charge in [-0.25, -0.2) is 4.79 Å². The van der Waals surface area contributed by atoms with E-state index in [1.54, 1.807) is 7.11 Å². The number of esters is 1. The summed E-state index contributed by atoms with van der Waals surface area (Å²) in [5, 5.41) is 4.00. The Morgan fingerprint density at radius 1 is 1.06 bits per heavy atom. The highest BCUT2D eigenvalue weighted by atomic mass is 35.5. The fourth-order valence-electron chi connectivity index (χ4n) is 4.86. The van der Waals surface area contributed by atoms with Crippen LogP contribution in [0, 0.1) is 0 Å². The maximum atomic E-state index is 13.6. The van der Waals surface area contributed by atoms with Crippen LogP contribution in [-0.2, 0) is 14.3 Å². The van der Waals surface area contributed by atoms with E-state index >= 15 is 0 Å².